The Morgan fingerprint density at radius 2 is 2.00 bits per heavy atom. The molecule has 0 aliphatic rings. The van der Waals surface area contributed by atoms with Gasteiger partial charge in [-0.1, -0.05) is 41.5 Å². The van der Waals surface area contributed by atoms with Crippen LogP contribution in [-0.2, 0) is 17.7 Å². The molecule has 1 aromatic rings. The highest BCUT2D eigenvalue weighted by atomic mass is 32.2. The molecule has 0 bridgehead atoms. The molecule has 0 saturated carbocycles. The van der Waals surface area contributed by atoms with E-state index in [1.807, 2.05) is 23.1 Å². The molecule has 0 aliphatic carbocycles. The lowest BCUT2D eigenvalue weighted by Gasteiger charge is -2.18. The van der Waals surface area contributed by atoms with Crippen LogP contribution < -0.4 is 5.32 Å². The second kappa shape index (κ2) is 7.65. The number of hydrogen-bond donors (Lipinski definition) is 1. The Morgan fingerprint density at radius 3 is 2.53 bits per heavy atom. The van der Waals surface area contributed by atoms with Gasteiger partial charge in [0.05, 0.1) is 5.69 Å². The molecule has 0 saturated heterocycles. The minimum absolute atomic E-state index is 0.137. The topological polar surface area (TPSA) is 24.9 Å². The quantitative estimate of drug-likeness (QED) is 0.746. The van der Waals surface area contributed by atoms with Crippen molar-refractivity contribution in [2.24, 2.45) is 0 Å². The molecule has 110 valence electrons. The number of thiazole rings is 1. The fraction of sp³-hybridized carbons (Fsp3) is 0.800. The van der Waals surface area contributed by atoms with E-state index < -0.39 is 0 Å². The van der Waals surface area contributed by atoms with Gasteiger partial charge in [0.2, 0.25) is 0 Å². The number of nitrogens with one attached hydrogen (secondary N) is 1. The first-order chi connectivity index (χ1) is 8.84. The second-order valence-electron chi connectivity index (χ2n) is 6.22. The first-order valence-corrected chi connectivity index (χ1v) is 9.12. The highest BCUT2D eigenvalue weighted by Gasteiger charge is 2.23. The number of thioether (sulfide) groups is 1. The summed E-state index contributed by atoms with van der Waals surface area (Å²) < 4.78 is 0. The van der Waals surface area contributed by atoms with Gasteiger partial charge in [0.25, 0.3) is 0 Å². The summed E-state index contributed by atoms with van der Waals surface area (Å²) >= 11 is 3.88. The third-order valence-electron chi connectivity index (χ3n) is 2.70. The van der Waals surface area contributed by atoms with Crippen molar-refractivity contribution in [2.75, 3.05) is 5.75 Å². The molecule has 0 unspecified atom stereocenters. The minimum atomic E-state index is 0.137. The molecule has 1 N–H and O–H groups in total. The van der Waals surface area contributed by atoms with E-state index in [0.717, 1.165) is 12.3 Å². The van der Waals surface area contributed by atoms with E-state index in [4.69, 9.17) is 4.98 Å². The van der Waals surface area contributed by atoms with Gasteiger partial charge in [-0.3, -0.25) is 0 Å². The van der Waals surface area contributed by atoms with Crippen molar-refractivity contribution in [3.05, 3.63) is 15.6 Å². The van der Waals surface area contributed by atoms with Crippen molar-refractivity contribution in [2.45, 2.75) is 71.7 Å². The lowest BCUT2D eigenvalue weighted by molar-refractivity contribution is 0.545. The fourth-order valence-corrected chi connectivity index (χ4v) is 3.95. The van der Waals surface area contributed by atoms with Gasteiger partial charge in [0.1, 0.15) is 5.01 Å². The molecule has 19 heavy (non-hydrogen) atoms. The molecule has 0 fully saturated rings. The average molecular weight is 301 g/mol. The van der Waals surface area contributed by atoms with E-state index in [0.29, 0.717) is 6.04 Å². The minimum Gasteiger partial charge on any atom is -0.310 e. The predicted octanol–water partition coefficient (Wildman–Crippen LogP) is 4.58. The van der Waals surface area contributed by atoms with Crippen molar-refractivity contribution in [3.8, 4) is 0 Å². The third-order valence-corrected chi connectivity index (χ3v) is 5.11. The monoisotopic (exact) mass is 300 g/mol. The largest absolute Gasteiger partial charge is 0.310 e. The highest BCUT2D eigenvalue weighted by Crippen LogP contribution is 2.31. The van der Waals surface area contributed by atoms with Crippen LogP contribution in [0, 0.1) is 0 Å². The third kappa shape index (κ3) is 5.84. The Morgan fingerprint density at radius 1 is 1.32 bits per heavy atom. The molecule has 1 aromatic heterocycles. The summed E-state index contributed by atoms with van der Waals surface area (Å²) in [7, 11) is 0. The van der Waals surface area contributed by atoms with E-state index in [1.54, 1.807) is 0 Å². The van der Waals surface area contributed by atoms with Gasteiger partial charge in [-0.05, 0) is 12.2 Å². The number of aromatic nitrogens is 1. The maximum Gasteiger partial charge on any atom is 0.103 e. The van der Waals surface area contributed by atoms with Crippen LogP contribution in [0.5, 0.6) is 0 Å². The van der Waals surface area contributed by atoms with Gasteiger partial charge in [-0.15, -0.1) is 11.3 Å². The number of hydrogen-bond acceptors (Lipinski definition) is 4. The lowest BCUT2D eigenvalue weighted by atomic mass is 9.91. The SMILES string of the molecule is CCCSCc1nc(C(C)(C)C)c(CNC(C)C)s1. The van der Waals surface area contributed by atoms with Gasteiger partial charge < -0.3 is 5.32 Å². The smallest absolute Gasteiger partial charge is 0.103 e. The Balaban J connectivity index is 2.80. The molecule has 2 nitrogen and oxygen atoms in total. The standard InChI is InChI=1S/C15H28N2S2/c1-7-8-18-10-13-17-14(15(4,5)6)12(19-13)9-16-11(2)3/h11,16H,7-10H2,1-6H3. The summed E-state index contributed by atoms with van der Waals surface area (Å²) in [6.45, 7) is 14.3. The molecule has 1 rings (SSSR count). The molecule has 1 heterocycles. The molecule has 4 heteroatoms. The maximum absolute atomic E-state index is 4.89. The normalized spacial score (nSPS) is 12.4. The summed E-state index contributed by atoms with van der Waals surface area (Å²) in [5.41, 5.74) is 1.41. The van der Waals surface area contributed by atoms with Gasteiger partial charge in [0, 0.05) is 28.6 Å². The summed E-state index contributed by atoms with van der Waals surface area (Å²) in [6, 6.07) is 0.521. The summed E-state index contributed by atoms with van der Waals surface area (Å²) in [4.78, 5) is 6.30. The average Bonchev–Trinajstić information content (AvgIpc) is 2.70. The Bertz CT molecular complexity index is 378. The van der Waals surface area contributed by atoms with Crippen LogP contribution >= 0.6 is 23.1 Å². The molecule has 0 aliphatic heterocycles. The zero-order valence-electron chi connectivity index (χ0n) is 13.2. The van der Waals surface area contributed by atoms with E-state index >= 15 is 0 Å². The summed E-state index contributed by atoms with van der Waals surface area (Å²) in [5.74, 6) is 2.28. The van der Waals surface area contributed by atoms with Crippen molar-refractivity contribution in [3.63, 3.8) is 0 Å². The number of nitrogens with zero attached hydrogens (tertiary/aromatic N) is 1. The maximum atomic E-state index is 4.89. The van der Waals surface area contributed by atoms with E-state index in [2.05, 4.69) is 46.9 Å². The molecule has 0 spiro atoms. The van der Waals surface area contributed by atoms with Crippen LogP contribution in [0.1, 0.15) is 63.5 Å². The van der Waals surface area contributed by atoms with E-state index in [-0.39, 0.29) is 5.41 Å². The van der Waals surface area contributed by atoms with Crippen molar-refractivity contribution in [1.82, 2.24) is 10.3 Å². The Hall–Kier alpha value is -0.0600. The molecule has 0 radical (unpaired) electrons. The van der Waals surface area contributed by atoms with Gasteiger partial charge in [-0.25, -0.2) is 4.98 Å². The van der Waals surface area contributed by atoms with Crippen LogP contribution in [-0.4, -0.2) is 16.8 Å². The fourth-order valence-electron chi connectivity index (χ4n) is 1.77. The summed E-state index contributed by atoms with van der Waals surface area (Å²) in [5, 5.41) is 4.80. The lowest BCUT2D eigenvalue weighted by Crippen LogP contribution is -2.23. The highest BCUT2D eigenvalue weighted by molar-refractivity contribution is 7.98. The first kappa shape index (κ1) is 17.0. The Labute approximate surface area is 126 Å². The molecule has 0 aromatic carbocycles. The van der Waals surface area contributed by atoms with Crippen LogP contribution in [0.4, 0.5) is 0 Å². The first-order valence-electron chi connectivity index (χ1n) is 7.14. The number of rotatable bonds is 7. The van der Waals surface area contributed by atoms with Crippen molar-refractivity contribution >= 4 is 23.1 Å². The van der Waals surface area contributed by atoms with Crippen LogP contribution in [0.25, 0.3) is 0 Å². The van der Waals surface area contributed by atoms with Crippen LogP contribution in [0.3, 0.4) is 0 Å². The predicted molar refractivity (Wildman–Crippen MR) is 89.2 cm³/mol. The Kier molecular flexibility index (Phi) is 6.84. The molecule has 0 atom stereocenters. The van der Waals surface area contributed by atoms with Crippen LogP contribution in [0.2, 0.25) is 0 Å². The van der Waals surface area contributed by atoms with E-state index in [1.165, 1.54) is 27.8 Å². The molecular weight excluding hydrogens is 272 g/mol. The zero-order chi connectivity index (χ0) is 14.5. The van der Waals surface area contributed by atoms with Crippen molar-refractivity contribution < 1.29 is 0 Å². The van der Waals surface area contributed by atoms with E-state index in [9.17, 15) is 0 Å². The van der Waals surface area contributed by atoms with Crippen molar-refractivity contribution in [1.29, 1.82) is 0 Å². The van der Waals surface area contributed by atoms with Gasteiger partial charge >= 0.3 is 0 Å². The van der Waals surface area contributed by atoms with Gasteiger partial charge in [0.15, 0.2) is 0 Å². The summed E-state index contributed by atoms with van der Waals surface area (Å²) in [6.07, 6.45) is 1.24. The molecule has 0 amide bonds. The zero-order valence-corrected chi connectivity index (χ0v) is 14.8. The second-order valence-corrected chi connectivity index (χ2v) is 8.49. The van der Waals surface area contributed by atoms with Crippen LogP contribution in [0.15, 0.2) is 0 Å². The van der Waals surface area contributed by atoms with Gasteiger partial charge in [-0.2, -0.15) is 11.8 Å². The molecular formula is C15H28N2S2.